The minimum atomic E-state index is -1.01. The Balaban J connectivity index is 2.60. The van der Waals surface area contributed by atoms with Gasteiger partial charge in [0.25, 0.3) is 0 Å². The summed E-state index contributed by atoms with van der Waals surface area (Å²) in [5, 5.41) is 26.4. The normalized spacial score (nSPS) is 9.97. The number of carbonyl (C=O) groups is 6. The number of carboxylic acid groups (broad SMARTS) is 2. The molecule has 0 aromatic heterocycles. The maximum absolute atomic E-state index is 12.0. The highest BCUT2D eigenvalue weighted by atomic mass is 16.4. The molecular weight excluding hydrogens is 412 g/mol. The Kier molecular flexibility index (Phi) is 10.2. The van der Waals surface area contributed by atoms with Crippen LogP contribution in [0, 0.1) is 6.92 Å². The van der Waals surface area contributed by atoms with Crippen LogP contribution >= 0.6 is 0 Å². The molecule has 168 valence electrons. The zero-order valence-corrected chi connectivity index (χ0v) is 16.8. The molecule has 0 atom stereocenters. The summed E-state index contributed by atoms with van der Waals surface area (Å²) in [6.45, 7) is 1.70. The van der Waals surface area contributed by atoms with Crippen LogP contribution in [0.15, 0.2) is 18.2 Å². The standard InChI is InChI=1S/C19H24N4O8/c1-11-6-7-12(22-18(30)16(28)20-8-2-4-14(24)25)10-13(11)23-19(31)17(29)21-9-3-5-15(26)27/h6-7,10H,2-5,8-9H2,1H3,(H,20,28)(H,21,29)(H,22,30)(H,23,31)(H,24,25)(H,26,27). The average Bonchev–Trinajstić information content (AvgIpc) is 2.70. The third-order valence-electron chi connectivity index (χ3n) is 3.86. The van der Waals surface area contributed by atoms with Crippen molar-refractivity contribution < 1.29 is 39.0 Å². The molecular formula is C19H24N4O8. The molecule has 0 aliphatic carbocycles. The van der Waals surface area contributed by atoms with Crippen molar-refractivity contribution in [2.24, 2.45) is 0 Å². The first-order chi connectivity index (χ1) is 14.6. The van der Waals surface area contributed by atoms with E-state index < -0.39 is 35.6 Å². The fourth-order valence-electron chi connectivity index (χ4n) is 2.24. The third kappa shape index (κ3) is 9.87. The highest BCUT2D eigenvalue weighted by Crippen LogP contribution is 2.20. The molecule has 1 rings (SSSR count). The van der Waals surface area contributed by atoms with Gasteiger partial charge in [0.1, 0.15) is 0 Å². The first kappa shape index (κ1) is 25.1. The van der Waals surface area contributed by atoms with Crippen LogP contribution in [0.25, 0.3) is 0 Å². The molecule has 1 aromatic carbocycles. The van der Waals surface area contributed by atoms with Crippen LogP contribution in [0.2, 0.25) is 0 Å². The van der Waals surface area contributed by atoms with Crippen LogP contribution in [0.4, 0.5) is 11.4 Å². The number of carboxylic acids is 2. The van der Waals surface area contributed by atoms with Gasteiger partial charge in [0.05, 0.1) is 0 Å². The predicted molar refractivity (Wildman–Crippen MR) is 108 cm³/mol. The van der Waals surface area contributed by atoms with E-state index in [1.54, 1.807) is 13.0 Å². The highest BCUT2D eigenvalue weighted by Gasteiger charge is 2.17. The van der Waals surface area contributed by atoms with Crippen molar-refractivity contribution in [2.45, 2.75) is 32.6 Å². The Morgan fingerprint density at radius 1 is 0.742 bits per heavy atom. The van der Waals surface area contributed by atoms with Crippen LogP contribution in [-0.4, -0.2) is 58.9 Å². The van der Waals surface area contributed by atoms with Crippen molar-refractivity contribution in [2.75, 3.05) is 23.7 Å². The van der Waals surface area contributed by atoms with Crippen LogP contribution in [0.5, 0.6) is 0 Å². The zero-order valence-electron chi connectivity index (χ0n) is 16.8. The van der Waals surface area contributed by atoms with Crippen molar-refractivity contribution in [1.29, 1.82) is 0 Å². The number of nitrogens with one attached hydrogen (secondary N) is 4. The molecule has 12 nitrogen and oxygen atoms in total. The largest absolute Gasteiger partial charge is 0.481 e. The summed E-state index contributed by atoms with van der Waals surface area (Å²) in [7, 11) is 0. The van der Waals surface area contributed by atoms with E-state index in [0.717, 1.165) is 0 Å². The van der Waals surface area contributed by atoms with Crippen molar-refractivity contribution in [3.8, 4) is 0 Å². The molecule has 0 unspecified atom stereocenters. The minimum Gasteiger partial charge on any atom is -0.481 e. The van der Waals surface area contributed by atoms with Crippen LogP contribution in [0.1, 0.15) is 31.2 Å². The molecule has 0 spiro atoms. The van der Waals surface area contributed by atoms with Gasteiger partial charge in [0.2, 0.25) is 0 Å². The van der Waals surface area contributed by atoms with Gasteiger partial charge < -0.3 is 31.5 Å². The summed E-state index contributed by atoms with van der Waals surface area (Å²) in [5.74, 6) is -5.87. The van der Waals surface area contributed by atoms with Crippen molar-refractivity contribution >= 4 is 46.9 Å². The molecule has 0 fully saturated rings. The number of hydrogen-bond donors (Lipinski definition) is 6. The summed E-state index contributed by atoms with van der Waals surface area (Å²) in [6, 6.07) is 4.41. The lowest BCUT2D eigenvalue weighted by molar-refractivity contribution is -0.138. The predicted octanol–water partition coefficient (Wildman–Crippen LogP) is -0.166. The van der Waals surface area contributed by atoms with E-state index in [9.17, 15) is 28.8 Å². The fraction of sp³-hybridized carbons (Fsp3) is 0.368. The van der Waals surface area contributed by atoms with Gasteiger partial charge >= 0.3 is 35.6 Å². The van der Waals surface area contributed by atoms with Gasteiger partial charge in [-0.3, -0.25) is 28.8 Å². The van der Waals surface area contributed by atoms with Gasteiger partial charge in [-0.2, -0.15) is 0 Å². The first-order valence-electron chi connectivity index (χ1n) is 9.32. The Morgan fingerprint density at radius 2 is 1.23 bits per heavy atom. The number of benzene rings is 1. The lowest BCUT2D eigenvalue weighted by Crippen LogP contribution is -2.36. The number of aryl methyl sites for hydroxylation is 1. The van der Waals surface area contributed by atoms with Crippen LogP contribution in [0.3, 0.4) is 0 Å². The Bertz CT molecular complexity index is 868. The molecule has 0 bridgehead atoms. The number of carbonyl (C=O) groups excluding carboxylic acids is 4. The lowest BCUT2D eigenvalue weighted by atomic mass is 10.1. The fourth-order valence-corrected chi connectivity index (χ4v) is 2.24. The van der Waals surface area contributed by atoms with E-state index in [1.165, 1.54) is 12.1 Å². The number of aliphatic carboxylic acids is 2. The van der Waals surface area contributed by atoms with Crippen LogP contribution in [-0.2, 0) is 28.8 Å². The highest BCUT2D eigenvalue weighted by molar-refractivity contribution is 6.40. The maximum Gasteiger partial charge on any atom is 0.313 e. The van der Waals surface area contributed by atoms with Gasteiger partial charge in [-0.1, -0.05) is 6.07 Å². The number of hydrogen-bond acceptors (Lipinski definition) is 6. The summed E-state index contributed by atoms with van der Waals surface area (Å²) in [4.78, 5) is 68.3. The van der Waals surface area contributed by atoms with E-state index in [2.05, 4.69) is 21.3 Å². The van der Waals surface area contributed by atoms with Crippen LogP contribution < -0.4 is 21.3 Å². The number of rotatable bonds is 10. The zero-order chi connectivity index (χ0) is 23.4. The van der Waals surface area contributed by atoms with Crippen molar-refractivity contribution in [1.82, 2.24) is 10.6 Å². The second-order valence-electron chi connectivity index (χ2n) is 6.44. The molecule has 0 radical (unpaired) electrons. The Morgan fingerprint density at radius 3 is 1.71 bits per heavy atom. The molecule has 0 saturated carbocycles. The number of anilines is 2. The lowest BCUT2D eigenvalue weighted by Gasteiger charge is -2.12. The SMILES string of the molecule is Cc1ccc(NC(=O)C(=O)NCCCC(=O)O)cc1NC(=O)C(=O)NCCCC(=O)O. The molecule has 1 aromatic rings. The second-order valence-corrected chi connectivity index (χ2v) is 6.44. The van der Waals surface area contributed by atoms with Gasteiger partial charge in [0.15, 0.2) is 0 Å². The van der Waals surface area contributed by atoms with Gasteiger partial charge in [-0.05, 0) is 37.5 Å². The summed E-state index contributed by atoms with van der Waals surface area (Å²) in [6.07, 6.45) is 0.0622. The van der Waals surface area contributed by atoms with Crippen molar-refractivity contribution in [3.63, 3.8) is 0 Å². The third-order valence-corrected chi connectivity index (χ3v) is 3.86. The molecule has 0 heterocycles. The first-order valence-corrected chi connectivity index (χ1v) is 9.32. The topological polar surface area (TPSA) is 191 Å². The smallest absolute Gasteiger partial charge is 0.313 e. The molecule has 6 N–H and O–H groups in total. The van der Waals surface area contributed by atoms with E-state index in [0.29, 0.717) is 5.56 Å². The van der Waals surface area contributed by atoms with E-state index in [-0.39, 0.29) is 50.1 Å². The molecule has 4 amide bonds. The summed E-state index contributed by atoms with van der Waals surface area (Å²) < 4.78 is 0. The number of amides is 4. The molecule has 0 aliphatic heterocycles. The minimum absolute atomic E-state index is 0.0230. The Hall–Kier alpha value is -3.96. The van der Waals surface area contributed by atoms with Gasteiger partial charge in [-0.25, -0.2) is 0 Å². The molecule has 0 saturated heterocycles. The average molecular weight is 436 g/mol. The monoisotopic (exact) mass is 436 g/mol. The summed E-state index contributed by atoms with van der Waals surface area (Å²) in [5.41, 5.74) is 1.00. The van der Waals surface area contributed by atoms with Crippen molar-refractivity contribution in [3.05, 3.63) is 23.8 Å². The van der Waals surface area contributed by atoms with E-state index >= 15 is 0 Å². The van der Waals surface area contributed by atoms with Gasteiger partial charge in [-0.15, -0.1) is 0 Å². The molecule has 31 heavy (non-hydrogen) atoms. The molecule has 12 heteroatoms. The van der Waals surface area contributed by atoms with E-state index in [1.807, 2.05) is 0 Å². The van der Waals surface area contributed by atoms with E-state index in [4.69, 9.17) is 10.2 Å². The quantitative estimate of drug-likeness (QED) is 0.215. The van der Waals surface area contributed by atoms with Gasteiger partial charge in [0, 0.05) is 37.3 Å². The summed E-state index contributed by atoms with van der Waals surface area (Å²) >= 11 is 0. The maximum atomic E-state index is 12.0. The Labute approximate surface area is 177 Å². The molecule has 0 aliphatic rings. The second kappa shape index (κ2) is 12.6.